The van der Waals surface area contributed by atoms with Gasteiger partial charge in [0.05, 0.1) is 0 Å². The van der Waals surface area contributed by atoms with E-state index in [0.29, 0.717) is 12.5 Å². The van der Waals surface area contributed by atoms with E-state index in [2.05, 4.69) is 19.2 Å². The van der Waals surface area contributed by atoms with Crippen LogP contribution in [0.2, 0.25) is 0 Å². The maximum Gasteiger partial charge on any atom is 0.222 e. The molecule has 0 saturated carbocycles. The fourth-order valence-corrected chi connectivity index (χ4v) is 1.35. The Kier molecular flexibility index (Phi) is 7.48. The first-order chi connectivity index (χ1) is 6.61. The molecular weight excluding hydrogens is 176 g/mol. The van der Waals surface area contributed by atoms with Gasteiger partial charge in [-0.25, -0.2) is 0 Å². The van der Waals surface area contributed by atoms with E-state index in [1.54, 1.807) is 19.0 Å². The lowest BCUT2D eigenvalue weighted by Crippen LogP contribution is -2.29. The molecule has 14 heavy (non-hydrogen) atoms. The Hall–Kier alpha value is -0.570. The lowest BCUT2D eigenvalue weighted by atomic mass is 10.1. The number of nitrogens with zero attached hydrogens (tertiary/aromatic N) is 1. The summed E-state index contributed by atoms with van der Waals surface area (Å²) in [5, 5.41) is 3.44. The predicted molar refractivity (Wildman–Crippen MR) is 60.3 cm³/mol. The third-order valence-corrected chi connectivity index (χ3v) is 2.48. The van der Waals surface area contributed by atoms with Crippen LogP contribution in [0, 0.1) is 0 Å². The van der Waals surface area contributed by atoms with Crippen molar-refractivity contribution in [2.45, 2.75) is 45.6 Å². The molecule has 0 heterocycles. The summed E-state index contributed by atoms with van der Waals surface area (Å²) < 4.78 is 0. The molecule has 0 aromatic rings. The first-order valence-electron chi connectivity index (χ1n) is 5.55. The third-order valence-electron chi connectivity index (χ3n) is 2.48. The van der Waals surface area contributed by atoms with Crippen LogP contribution in [0.4, 0.5) is 0 Å². The van der Waals surface area contributed by atoms with Crippen molar-refractivity contribution in [2.24, 2.45) is 0 Å². The fraction of sp³-hybridized carbons (Fsp3) is 0.909. The van der Waals surface area contributed by atoms with Gasteiger partial charge in [0.1, 0.15) is 0 Å². The van der Waals surface area contributed by atoms with Gasteiger partial charge in [-0.1, -0.05) is 13.8 Å². The summed E-state index contributed by atoms with van der Waals surface area (Å²) in [6.45, 7) is 5.32. The molecule has 0 bridgehead atoms. The van der Waals surface area contributed by atoms with Crippen LogP contribution in [0.5, 0.6) is 0 Å². The quantitative estimate of drug-likeness (QED) is 0.634. The molecule has 3 heteroatoms. The Balaban J connectivity index is 3.41. The van der Waals surface area contributed by atoms with Gasteiger partial charge in [0.15, 0.2) is 0 Å². The summed E-state index contributed by atoms with van der Waals surface area (Å²) in [7, 11) is 3.60. The number of hydrogen-bond acceptors (Lipinski definition) is 2. The highest BCUT2D eigenvalue weighted by atomic mass is 16.2. The van der Waals surface area contributed by atoms with Crippen molar-refractivity contribution < 1.29 is 4.79 Å². The van der Waals surface area contributed by atoms with Crippen molar-refractivity contribution >= 4 is 5.91 Å². The van der Waals surface area contributed by atoms with Crippen LogP contribution < -0.4 is 5.32 Å². The van der Waals surface area contributed by atoms with Crippen molar-refractivity contribution in [2.75, 3.05) is 20.6 Å². The third kappa shape index (κ3) is 5.97. The van der Waals surface area contributed by atoms with E-state index in [0.717, 1.165) is 25.8 Å². The predicted octanol–water partition coefficient (Wildman–Crippen LogP) is 1.63. The maximum absolute atomic E-state index is 11.2. The zero-order chi connectivity index (χ0) is 11.0. The lowest BCUT2D eigenvalue weighted by Gasteiger charge is -2.15. The van der Waals surface area contributed by atoms with Gasteiger partial charge in [0.2, 0.25) is 5.91 Å². The molecule has 0 fully saturated rings. The summed E-state index contributed by atoms with van der Waals surface area (Å²) in [4.78, 5) is 12.9. The molecule has 0 aliphatic rings. The molecule has 0 rings (SSSR count). The maximum atomic E-state index is 11.2. The number of hydrogen-bond donors (Lipinski definition) is 1. The molecule has 0 aliphatic carbocycles. The van der Waals surface area contributed by atoms with Crippen molar-refractivity contribution in [3.63, 3.8) is 0 Å². The van der Waals surface area contributed by atoms with E-state index in [-0.39, 0.29) is 5.91 Å². The first kappa shape index (κ1) is 13.4. The van der Waals surface area contributed by atoms with E-state index in [1.807, 2.05) is 0 Å². The van der Waals surface area contributed by atoms with Crippen LogP contribution in [0.25, 0.3) is 0 Å². The monoisotopic (exact) mass is 200 g/mol. The van der Waals surface area contributed by atoms with Crippen LogP contribution >= 0.6 is 0 Å². The standard InChI is InChI=1S/C11H24N2O/c1-5-10(6-2)12-9-7-8-11(14)13(3)4/h10,12H,5-9H2,1-4H3. The van der Waals surface area contributed by atoms with Gasteiger partial charge >= 0.3 is 0 Å². The van der Waals surface area contributed by atoms with Crippen LogP contribution in [0.15, 0.2) is 0 Å². The van der Waals surface area contributed by atoms with Gasteiger partial charge < -0.3 is 10.2 Å². The van der Waals surface area contributed by atoms with Gasteiger partial charge in [-0.3, -0.25) is 4.79 Å². The minimum atomic E-state index is 0.219. The zero-order valence-electron chi connectivity index (χ0n) is 9.97. The summed E-state index contributed by atoms with van der Waals surface area (Å²) in [6, 6.07) is 0.615. The summed E-state index contributed by atoms with van der Waals surface area (Å²) in [5.41, 5.74) is 0. The second kappa shape index (κ2) is 7.80. The minimum absolute atomic E-state index is 0.219. The second-order valence-corrected chi connectivity index (χ2v) is 3.86. The molecule has 0 spiro atoms. The summed E-state index contributed by atoms with van der Waals surface area (Å²) >= 11 is 0. The lowest BCUT2D eigenvalue weighted by molar-refractivity contribution is -0.128. The van der Waals surface area contributed by atoms with Gasteiger partial charge in [0, 0.05) is 26.6 Å². The number of carbonyl (C=O) groups is 1. The van der Waals surface area contributed by atoms with E-state index in [4.69, 9.17) is 0 Å². The molecule has 0 unspecified atom stereocenters. The molecular formula is C11H24N2O. The van der Waals surface area contributed by atoms with Crippen molar-refractivity contribution in [3.05, 3.63) is 0 Å². The Bertz CT molecular complexity index is 153. The number of amides is 1. The minimum Gasteiger partial charge on any atom is -0.349 e. The highest BCUT2D eigenvalue weighted by molar-refractivity contribution is 5.75. The van der Waals surface area contributed by atoms with Crippen LogP contribution in [-0.2, 0) is 4.79 Å². The second-order valence-electron chi connectivity index (χ2n) is 3.86. The number of nitrogens with one attached hydrogen (secondary N) is 1. The van der Waals surface area contributed by atoms with Gasteiger partial charge in [-0.05, 0) is 25.8 Å². The summed E-state index contributed by atoms with van der Waals surface area (Å²) in [6.07, 6.45) is 3.92. The molecule has 84 valence electrons. The molecule has 0 aromatic heterocycles. The smallest absolute Gasteiger partial charge is 0.222 e. The highest BCUT2D eigenvalue weighted by Crippen LogP contribution is 1.97. The topological polar surface area (TPSA) is 32.3 Å². The van der Waals surface area contributed by atoms with Crippen molar-refractivity contribution in [1.29, 1.82) is 0 Å². The molecule has 1 amide bonds. The highest BCUT2D eigenvalue weighted by Gasteiger charge is 2.04. The normalized spacial score (nSPS) is 10.6. The van der Waals surface area contributed by atoms with E-state index < -0.39 is 0 Å². The first-order valence-corrected chi connectivity index (χ1v) is 5.55. The fourth-order valence-electron chi connectivity index (χ4n) is 1.35. The molecule has 0 radical (unpaired) electrons. The number of rotatable bonds is 7. The number of carbonyl (C=O) groups excluding carboxylic acids is 1. The zero-order valence-corrected chi connectivity index (χ0v) is 9.97. The molecule has 0 aliphatic heterocycles. The largest absolute Gasteiger partial charge is 0.349 e. The summed E-state index contributed by atoms with van der Waals surface area (Å²) in [5.74, 6) is 0.219. The Morgan fingerprint density at radius 3 is 2.29 bits per heavy atom. The molecule has 1 N–H and O–H groups in total. The van der Waals surface area contributed by atoms with Gasteiger partial charge in [-0.15, -0.1) is 0 Å². The Labute approximate surface area is 87.9 Å². The molecule has 0 atom stereocenters. The van der Waals surface area contributed by atoms with Crippen LogP contribution in [0.3, 0.4) is 0 Å². The van der Waals surface area contributed by atoms with Gasteiger partial charge in [0.25, 0.3) is 0 Å². The van der Waals surface area contributed by atoms with E-state index in [1.165, 1.54) is 0 Å². The van der Waals surface area contributed by atoms with E-state index in [9.17, 15) is 4.79 Å². The van der Waals surface area contributed by atoms with Crippen molar-refractivity contribution in [3.8, 4) is 0 Å². The molecule has 3 nitrogen and oxygen atoms in total. The van der Waals surface area contributed by atoms with Crippen LogP contribution in [0.1, 0.15) is 39.5 Å². The Morgan fingerprint density at radius 1 is 1.29 bits per heavy atom. The molecule has 0 saturated heterocycles. The van der Waals surface area contributed by atoms with Crippen molar-refractivity contribution in [1.82, 2.24) is 10.2 Å². The average Bonchev–Trinajstić information content (AvgIpc) is 2.17. The van der Waals surface area contributed by atoms with Gasteiger partial charge in [-0.2, -0.15) is 0 Å². The SMILES string of the molecule is CCC(CC)NCCCC(=O)N(C)C. The van der Waals surface area contributed by atoms with E-state index >= 15 is 0 Å². The average molecular weight is 200 g/mol. The van der Waals surface area contributed by atoms with Crippen LogP contribution in [-0.4, -0.2) is 37.5 Å². The molecule has 0 aromatic carbocycles. The Morgan fingerprint density at radius 2 is 1.86 bits per heavy atom.